The fourth-order valence-corrected chi connectivity index (χ4v) is 4.57. The van der Waals surface area contributed by atoms with Crippen LogP contribution in [0.25, 0.3) is 0 Å². The van der Waals surface area contributed by atoms with E-state index in [9.17, 15) is 13.2 Å². The lowest BCUT2D eigenvalue weighted by atomic mass is 10.1. The number of amides is 1. The minimum Gasteiger partial charge on any atom is -0.352 e. The van der Waals surface area contributed by atoms with E-state index in [1.807, 2.05) is 30.3 Å². The summed E-state index contributed by atoms with van der Waals surface area (Å²) in [5.74, 6) is 0.195. The van der Waals surface area contributed by atoms with Crippen LogP contribution in [-0.4, -0.2) is 42.2 Å². The summed E-state index contributed by atoms with van der Waals surface area (Å²) < 4.78 is 24.5. The summed E-state index contributed by atoms with van der Waals surface area (Å²) in [6.07, 6.45) is 3.85. The van der Waals surface area contributed by atoms with Gasteiger partial charge < -0.3 is 5.32 Å². The second kappa shape index (κ2) is 6.54. The fraction of sp³-hybridized carbons (Fsp3) is 0.375. The molecule has 1 aromatic carbocycles. The number of hydrogen-bond donors (Lipinski definition) is 1. The largest absolute Gasteiger partial charge is 0.352 e. The molecule has 122 valence electrons. The molecule has 0 aliphatic carbocycles. The number of carbonyl (C=O) groups is 1. The predicted molar refractivity (Wildman–Crippen MR) is 86.9 cm³/mol. The molecule has 1 aromatic heterocycles. The van der Waals surface area contributed by atoms with Gasteiger partial charge in [0.15, 0.2) is 9.84 Å². The standard InChI is InChI=1S/C16H19N3O3S/c20-16(17-8-14-6-7-23(21,22)12-14)15-9-18-19(11-15)10-13-4-2-1-3-5-13/h1-5,9,11,14H,6-8,10,12H2,(H,17,20)/t14-/m0/s1. The number of hydrogen-bond acceptors (Lipinski definition) is 4. The van der Waals surface area contributed by atoms with Crippen LogP contribution >= 0.6 is 0 Å². The Bertz CT molecular complexity index is 784. The van der Waals surface area contributed by atoms with Crippen molar-refractivity contribution in [3.05, 3.63) is 53.9 Å². The van der Waals surface area contributed by atoms with Gasteiger partial charge in [0, 0.05) is 12.7 Å². The van der Waals surface area contributed by atoms with Gasteiger partial charge in [0.25, 0.3) is 5.91 Å². The molecular weight excluding hydrogens is 314 g/mol. The van der Waals surface area contributed by atoms with Gasteiger partial charge in [-0.2, -0.15) is 5.10 Å². The van der Waals surface area contributed by atoms with Gasteiger partial charge >= 0.3 is 0 Å². The highest BCUT2D eigenvalue weighted by Gasteiger charge is 2.28. The highest BCUT2D eigenvalue weighted by molar-refractivity contribution is 7.91. The number of carbonyl (C=O) groups excluding carboxylic acids is 1. The SMILES string of the molecule is O=C(NC[C@@H]1CCS(=O)(=O)C1)c1cnn(Cc2ccccc2)c1. The molecule has 1 amide bonds. The summed E-state index contributed by atoms with van der Waals surface area (Å²) in [7, 11) is -2.91. The Kier molecular flexibility index (Phi) is 4.47. The molecule has 6 nitrogen and oxygen atoms in total. The van der Waals surface area contributed by atoms with Crippen molar-refractivity contribution < 1.29 is 13.2 Å². The average Bonchev–Trinajstić information content (AvgIpc) is 3.12. The number of rotatable bonds is 5. The van der Waals surface area contributed by atoms with Crippen LogP contribution in [0.2, 0.25) is 0 Å². The lowest BCUT2D eigenvalue weighted by molar-refractivity contribution is 0.0948. The first kappa shape index (κ1) is 15.7. The van der Waals surface area contributed by atoms with Crippen molar-refractivity contribution in [3.8, 4) is 0 Å². The van der Waals surface area contributed by atoms with E-state index in [4.69, 9.17) is 0 Å². The van der Waals surface area contributed by atoms with Crippen LogP contribution in [0.3, 0.4) is 0 Å². The van der Waals surface area contributed by atoms with Crippen molar-refractivity contribution in [1.82, 2.24) is 15.1 Å². The van der Waals surface area contributed by atoms with Gasteiger partial charge in [-0.25, -0.2) is 8.42 Å². The summed E-state index contributed by atoms with van der Waals surface area (Å²) in [5.41, 5.74) is 1.60. The maximum atomic E-state index is 12.1. The summed E-state index contributed by atoms with van der Waals surface area (Å²) in [5, 5.41) is 6.99. The minimum absolute atomic E-state index is 0.0170. The quantitative estimate of drug-likeness (QED) is 0.888. The van der Waals surface area contributed by atoms with E-state index in [1.54, 1.807) is 10.9 Å². The van der Waals surface area contributed by atoms with Gasteiger partial charge in [-0.3, -0.25) is 9.48 Å². The molecule has 2 aromatic rings. The van der Waals surface area contributed by atoms with Crippen LogP contribution in [0.1, 0.15) is 22.3 Å². The number of benzene rings is 1. The number of sulfone groups is 1. The van der Waals surface area contributed by atoms with Crippen LogP contribution in [0, 0.1) is 5.92 Å². The van der Waals surface area contributed by atoms with Crippen LogP contribution in [0.4, 0.5) is 0 Å². The second-order valence-corrected chi connectivity index (χ2v) is 8.12. The van der Waals surface area contributed by atoms with Gasteiger partial charge in [-0.15, -0.1) is 0 Å². The van der Waals surface area contributed by atoms with E-state index < -0.39 is 9.84 Å². The lowest BCUT2D eigenvalue weighted by Gasteiger charge is -2.08. The first-order valence-electron chi connectivity index (χ1n) is 7.57. The topological polar surface area (TPSA) is 81.1 Å². The van der Waals surface area contributed by atoms with Gasteiger partial charge in [-0.1, -0.05) is 30.3 Å². The normalized spacial score (nSPS) is 19.6. The molecule has 0 unspecified atom stereocenters. The minimum atomic E-state index is -2.91. The third kappa shape index (κ3) is 4.19. The van der Waals surface area contributed by atoms with Crippen molar-refractivity contribution in [1.29, 1.82) is 0 Å². The molecule has 1 saturated heterocycles. The average molecular weight is 333 g/mol. The molecule has 7 heteroatoms. The summed E-state index contributed by atoms with van der Waals surface area (Å²) in [4.78, 5) is 12.1. The van der Waals surface area contributed by atoms with Crippen LogP contribution in [0.5, 0.6) is 0 Å². The Morgan fingerprint density at radius 3 is 2.78 bits per heavy atom. The van der Waals surface area contributed by atoms with Gasteiger partial charge in [-0.05, 0) is 17.9 Å². The third-order valence-electron chi connectivity index (χ3n) is 3.96. The molecule has 3 rings (SSSR count). The molecule has 1 N–H and O–H groups in total. The molecule has 0 spiro atoms. The molecule has 23 heavy (non-hydrogen) atoms. The number of aromatic nitrogens is 2. The Balaban J connectivity index is 1.54. The maximum absolute atomic E-state index is 12.1. The van der Waals surface area contributed by atoms with Gasteiger partial charge in [0.1, 0.15) is 0 Å². The number of nitrogens with one attached hydrogen (secondary N) is 1. The first-order valence-corrected chi connectivity index (χ1v) is 9.39. The van der Waals surface area contributed by atoms with Crippen LogP contribution in [0.15, 0.2) is 42.7 Å². The van der Waals surface area contributed by atoms with Gasteiger partial charge in [0.2, 0.25) is 0 Å². The molecule has 1 aliphatic heterocycles. The number of nitrogens with zero attached hydrogens (tertiary/aromatic N) is 2. The van der Waals surface area contributed by atoms with Crippen molar-refractivity contribution in [2.24, 2.45) is 5.92 Å². The van der Waals surface area contributed by atoms with Crippen molar-refractivity contribution in [3.63, 3.8) is 0 Å². The first-order chi connectivity index (χ1) is 11.0. The Hall–Kier alpha value is -2.15. The summed E-state index contributed by atoms with van der Waals surface area (Å²) in [6.45, 7) is 0.997. The van der Waals surface area contributed by atoms with Crippen molar-refractivity contribution in [2.45, 2.75) is 13.0 Å². The van der Waals surface area contributed by atoms with E-state index >= 15 is 0 Å². The zero-order valence-electron chi connectivity index (χ0n) is 12.7. The Morgan fingerprint density at radius 1 is 1.30 bits per heavy atom. The van der Waals surface area contributed by atoms with E-state index in [0.717, 1.165) is 5.56 Å². The monoisotopic (exact) mass is 333 g/mol. The Labute approximate surface area is 135 Å². The van der Waals surface area contributed by atoms with E-state index in [1.165, 1.54) is 6.20 Å². The molecule has 0 radical (unpaired) electrons. The Morgan fingerprint density at radius 2 is 2.09 bits per heavy atom. The maximum Gasteiger partial charge on any atom is 0.254 e. The van der Waals surface area contributed by atoms with E-state index in [0.29, 0.717) is 25.1 Å². The molecule has 0 bridgehead atoms. The molecular formula is C16H19N3O3S. The van der Waals surface area contributed by atoms with E-state index in [2.05, 4.69) is 10.4 Å². The van der Waals surface area contributed by atoms with Crippen molar-refractivity contribution in [2.75, 3.05) is 18.1 Å². The molecule has 2 heterocycles. The summed E-state index contributed by atoms with van der Waals surface area (Å²) in [6, 6.07) is 9.88. The molecule has 1 aliphatic rings. The zero-order valence-corrected chi connectivity index (χ0v) is 13.5. The van der Waals surface area contributed by atoms with Crippen LogP contribution < -0.4 is 5.32 Å². The predicted octanol–water partition coefficient (Wildman–Crippen LogP) is 1.10. The zero-order chi connectivity index (χ0) is 16.3. The van der Waals surface area contributed by atoms with E-state index in [-0.39, 0.29) is 23.3 Å². The molecule has 0 saturated carbocycles. The lowest BCUT2D eigenvalue weighted by Crippen LogP contribution is -2.29. The second-order valence-electron chi connectivity index (χ2n) is 5.89. The van der Waals surface area contributed by atoms with Crippen LogP contribution in [-0.2, 0) is 16.4 Å². The summed E-state index contributed by atoms with van der Waals surface area (Å²) >= 11 is 0. The van der Waals surface area contributed by atoms with Gasteiger partial charge in [0.05, 0.1) is 29.8 Å². The van der Waals surface area contributed by atoms with Crippen molar-refractivity contribution >= 4 is 15.7 Å². The smallest absolute Gasteiger partial charge is 0.254 e. The highest BCUT2D eigenvalue weighted by atomic mass is 32.2. The third-order valence-corrected chi connectivity index (χ3v) is 5.80. The fourth-order valence-electron chi connectivity index (χ4n) is 2.71. The highest BCUT2D eigenvalue weighted by Crippen LogP contribution is 2.17. The molecule has 1 atom stereocenters. The molecule has 1 fully saturated rings.